The van der Waals surface area contributed by atoms with E-state index in [2.05, 4.69) is 5.43 Å². The Hall–Kier alpha value is -1.20. The van der Waals surface area contributed by atoms with Gasteiger partial charge in [0.05, 0.1) is 6.61 Å². The molecule has 1 aromatic rings. The highest BCUT2D eigenvalue weighted by Crippen LogP contribution is 2.42. The average molecular weight is 284 g/mol. The van der Waals surface area contributed by atoms with Crippen LogP contribution in [0.1, 0.15) is 44.2 Å². The molecule has 112 valence electrons. The first-order chi connectivity index (χ1) is 9.55. The molecule has 3 N–H and O–H groups in total. The van der Waals surface area contributed by atoms with Crippen LogP contribution in [0, 0.1) is 5.92 Å². The van der Waals surface area contributed by atoms with Crippen molar-refractivity contribution in [2.45, 2.75) is 44.6 Å². The number of hydrogen-bond acceptors (Lipinski definition) is 3. The molecule has 0 saturated heterocycles. The molecule has 3 nitrogen and oxygen atoms in total. The molecular weight excluding hydrogens is 262 g/mol. The van der Waals surface area contributed by atoms with Crippen LogP contribution in [0.4, 0.5) is 8.78 Å². The molecule has 2 unspecified atom stereocenters. The second-order valence-electron chi connectivity index (χ2n) is 5.36. The molecular formula is C15H22F2N2O. The van der Waals surface area contributed by atoms with Gasteiger partial charge in [-0.05, 0) is 43.4 Å². The van der Waals surface area contributed by atoms with E-state index in [0.29, 0.717) is 13.0 Å². The molecule has 0 aliphatic heterocycles. The number of ether oxygens (including phenoxy) is 1. The Balaban J connectivity index is 2.11. The lowest BCUT2D eigenvalue weighted by Crippen LogP contribution is -2.38. The molecule has 1 aromatic carbocycles. The normalized spacial score (nSPS) is 23.3. The van der Waals surface area contributed by atoms with Gasteiger partial charge >= 0.3 is 0 Å². The summed E-state index contributed by atoms with van der Waals surface area (Å²) in [5, 5.41) is 0. The first-order valence-electron chi connectivity index (χ1n) is 7.12. The van der Waals surface area contributed by atoms with Crippen LogP contribution in [-0.2, 0) is 0 Å². The topological polar surface area (TPSA) is 47.3 Å². The third kappa shape index (κ3) is 3.67. The molecule has 1 fully saturated rings. The Morgan fingerprint density at radius 3 is 2.65 bits per heavy atom. The number of hydrogen-bond donors (Lipinski definition) is 2. The van der Waals surface area contributed by atoms with Gasteiger partial charge in [0.25, 0.3) is 0 Å². The second kappa shape index (κ2) is 6.50. The zero-order valence-electron chi connectivity index (χ0n) is 11.7. The van der Waals surface area contributed by atoms with Gasteiger partial charge < -0.3 is 4.74 Å². The zero-order chi connectivity index (χ0) is 14.6. The largest absolute Gasteiger partial charge is 0.494 e. The molecule has 1 aliphatic carbocycles. The third-order valence-electron chi connectivity index (χ3n) is 3.88. The van der Waals surface area contributed by atoms with Crippen molar-refractivity contribution in [2.24, 2.45) is 11.8 Å². The Bertz CT molecular complexity index is 422. The van der Waals surface area contributed by atoms with Crippen molar-refractivity contribution >= 4 is 0 Å². The lowest BCUT2D eigenvalue weighted by molar-refractivity contribution is -0.0584. The van der Waals surface area contributed by atoms with Crippen molar-refractivity contribution in [1.82, 2.24) is 5.43 Å². The van der Waals surface area contributed by atoms with Gasteiger partial charge in [-0.25, -0.2) is 8.78 Å². The maximum absolute atomic E-state index is 13.5. The number of nitrogens with two attached hydrogens (primary N) is 1. The highest BCUT2D eigenvalue weighted by molar-refractivity contribution is 5.29. The quantitative estimate of drug-likeness (QED) is 0.643. The molecule has 20 heavy (non-hydrogen) atoms. The van der Waals surface area contributed by atoms with E-state index in [1.54, 1.807) is 0 Å². The van der Waals surface area contributed by atoms with E-state index in [9.17, 15) is 8.78 Å². The number of nitrogens with one attached hydrogen (secondary N) is 1. The molecule has 0 radical (unpaired) electrons. The van der Waals surface area contributed by atoms with Crippen molar-refractivity contribution < 1.29 is 13.5 Å². The number of halogens is 2. The SMILES string of the molecule is CCOc1ccc(C(NN)C2CCCC(F)(F)C2)cc1. The van der Waals surface area contributed by atoms with Gasteiger partial charge in [-0.2, -0.15) is 0 Å². The van der Waals surface area contributed by atoms with Gasteiger partial charge in [-0.3, -0.25) is 11.3 Å². The lowest BCUT2D eigenvalue weighted by Gasteiger charge is -2.34. The van der Waals surface area contributed by atoms with Crippen LogP contribution in [0.15, 0.2) is 24.3 Å². The summed E-state index contributed by atoms with van der Waals surface area (Å²) in [6.07, 6.45) is 1.21. The first-order valence-corrected chi connectivity index (χ1v) is 7.12. The van der Waals surface area contributed by atoms with Crippen molar-refractivity contribution in [2.75, 3.05) is 6.61 Å². The number of benzene rings is 1. The molecule has 2 atom stereocenters. The minimum Gasteiger partial charge on any atom is -0.494 e. The fraction of sp³-hybridized carbons (Fsp3) is 0.600. The molecule has 1 aliphatic rings. The summed E-state index contributed by atoms with van der Waals surface area (Å²) in [5.41, 5.74) is 3.63. The Labute approximate surface area is 118 Å². The molecule has 2 rings (SSSR count). The van der Waals surface area contributed by atoms with E-state index in [1.807, 2.05) is 31.2 Å². The van der Waals surface area contributed by atoms with Crippen molar-refractivity contribution in [3.63, 3.8) is 0 Å². The summed E-state index contributed by atoms with van der Waals surface area (Å²) >= 11 is 0. The third-order valence-corrected chi connectivity index (χ3v) is 3.88. The van der Waals surface area contributed by atoms with E-state index < -0.39 is 5.92 Å². The van der Waals surface area contributed by atoms with Crippen LogP contribution in [0.3, 0.4) is 0 Å². The van der Waals surface area contributed by atoms with E-state index in [0.717, 1.165) is 17.7 Å². The fourth-order valence-electron chi connectivity index (χ4n) is 2.94. The van der Waals surface area contributed by atoms with Crippen LogP contribution < -0.4 is 16.0 Å². The highest BCUT2D eigenvalue weighted by atomic mass is 19.3. The summed E-state index contributed by atoms with van der Waals surface area (Å²) in [7, 11) is 0. The van der Waals surface area contributed by atoms with Gasteiger partial charge in [0.2, 0.25) is 5.92 Å². The summed E-state index contributed by atoms with van der Waals surface area (Å²) < 4.78 is 32.5. The molecule has 0 spiro atoms. The predicted molar refractivity (Wildman–Crippen MR) is 74.6 cm³/mol. The predicted octanol–water partition coefficient (Wildman–Crippen LogP) is 3.42. The van der Waals surface area contributed by atoms with Crippen molar-refractivity contribution in [3.8, 4) is 5.75 Å². The summed E-state index contributed by atoms with van der Waals surface area (Å²) in [6.45, 7) is 2.52. The van der Waals surface area contributed by atoms with Gasteiger partial charge in [0.15, 0.2) is 0 Å². The number of alkyl halides is 2. The standard InChI is InChI=1S/C15H22F2N2O/c1-2-20-13-7-5-11(6-8-13)14(19-18)12-4-3-9-15(16,17)10-12/h5-8,12,14,19H,2-4,9-10,18H2,1H3. The van der Waals surface area contributed by atoms with Crippen molar-refractivity contribution in [3.05, 3.63) is 29.8 Å². The maximum Gasteiger partial charge on any atom is 0.248 e. The van der Waals surface area contributed by atoms with Gasteiger partial charge in [0.1, 0.15) is 5.75 Å². The maximum atomic E-state index is 13.5. The summed E-state index contributed by atoms with van der Waals surface area (Å²) in [5.74, 6) is 3.67. The van der Waals surface area contributed by atoms with E-state index in [1.165, 1.54) is 0 Å². The molecule has 0 amide bonds. The fourth-order valence-corrected chi connectivity index (χ4v) is 2.94. The first kappa shape index (κ1) is 15.2. The highest BCUT2D eigenvalue weighted by Gasteiger charge is 2.39. The summed E-state index contributed by atoms with van der Waals surface area (Å²) in [4.78, 5) is 0. The average Bonchev–Trinajstić information content (AvgIpc) is 2.41. The number of rotatable bonds is 5. The van der Waals surface area contributed by atoms with Crippen LogP contribution in [-0.4, -0.2) is 12.5 Å². The van der Waals surface area contributed by atoms with Crippen molar-refractivity contribution in [1.29, 1.82) is 0 Å². The Kier molecular flexibility index (Phi) is 4.94. The minimum absolute atomic E-state index is 0.00985. The Morgan fingerprint density at radius 2 is 2.10 bits per heavy atom. The van der Waals surface area contributed by atoms with Crippen LogP contribution in [0.5, 0.6) is 5.75 Å². The molecule has 0 bridgehead atoms. The number of hydrazine groups is 1. The molecule has 1 saturated carbocycles. The van der Waals surface area contributed by atoms with Crippen LogP contribution >= 0.6 is 0 Å². The van der Waals surface area contributed by atoms with Gasteiger partial charge in [-0.1, -0.05) is 12.1 Å². The smallest absolute Gasteiger partial charge is 0.248 e. The van der Waals surface area contributed by atoms with Gasteiger partial charge in [-0.15, -0.1) is 0 Å². The molecule has 0 aromatic heterocycles. The van der Waals surface area contributed by atoms with Gasteiger partial charge in [0, 0.05) is 18.9 Å². The minimum atomic E-state index is -2.57. The zero-order valence-corrected chi connectivity index (χ0v) is 11.7. The van der Waals surface area contributed by atoms with Crippen LogP contribution in [0.25, 0.3) is 0 Å². The monoisotopic (exact) mass is 284 g/mol. The Morgan fingerprint density at radius 1 is 1.40 bits per heavy atom. The van der Waals surface area contributed by atoms with E-state index >= 15 is 0 Å². The second-order valence-corrected chi connectivity index (χ2v) is 5.36. The molecule has 0 heterocycles. The van der Waals surface area contributed by atoms with E-state index in [-0.39, 0.29) is 24.8 Å². The summed E-state index contributed by atoms with van der Waals surface area (Å²) in [6, 6.07) is 7.25. The van der Waals surface area contributed by atoms with E-state index in [4.69, 9.17) is 10.6 Å². The van der Waals surface area contributed by atoms with Crippen LogP contribution in [0.2, 0.25) is 0 Å². The molecule has 5 heteroatoms. The lowest BCUT2D eigenvalue weighted by atomic mass is 9.79.